The van der Waals surface area contributed by atoms with Crippen LogP contribution in [0.3, 0.4) is 0 Å². The highest BCUT2D eigenvalue weighted by Gasteiger charge is 2.55. The molecule has 0 aliphatic heterocycles. The molecule has 1 aromatic rings. The Morgan fingerprint density at radius 3 is 1.96 bits per heavy atom. The third-order valence-electron chi connectivity index (χ3n) is 7.11. The van der Waals surface area contributed by atoms with Crippen LogP contribution in [0.4, 0.5) is 0 Å². The van der Waals surface area contributed by atoms with Crippen molar-refractivity contribution < 1.29 is 9.59 Å². The molecule has 0 saturated heterocycles. The summed E-state index contributed by atoms with van der Waals surface area (Å²) in [6.07, 6.45) is 7.13. The fourth-order valence-corrected chi connectivity index (χ4v) is 6.06. The van der Waals surface area contributed by atoms with E-state index in [0.717, 1.165) is 42.6 Å². The molecular weight excluding hydrogens is 310 g/mol. The second kappa shape index (κ2) is 5.96. The number of nitrogens with zero attached hydrogens (tertiary/aromatic N) is 1. The van der Waals surface area contributed by atoms with Crippen LogP contribution < -0.4 is 0 Å². The summed E-state index contributed by atoms with van der Waals surface area (Å²) in [5.41, 5.74) is 1.66. The molecule has 0 radical (unpaired) electrons. The van der Waals surface area contributed by atoms with Crippen molar-refractivity contribution in [3.05, 3.63) is 35.4 Å². The van der Waals surface area contributed by atoms with E-state index in [1.165, 1.54) is 19.3 Å². The Morgan fingerprint density at radius 2 is 1.48 bits per heavy atom. The number of carbonyl (C=O) groups is 2. The van der Waals surface area contributed by atoms with Crippen molar-refractivity contribution >= 4 is 11.7 Å². The van der Waals surface area contributed by atoms with E-state index in [-0.39, 0.29) is 17.1 Å². The summed E-state index contributed by atoms with van der Waals surface area (Å²) in [6.45, 7) is 3.89. The largest absolute Gasteiger partial charge is 0.335 e. The topological polar surface area (TPSA) is 37.4 Å². The van der Waals surface area contributed by atoms with Gasteiger partial charge in [0.25, 0.3) is 0 Å². The number of likely N-dealkylation sites (N-methyl/N-ethyl adjacent to an activating group) is 1. The number of carbonyl (C=O) groups excluding carboxylic acids is 2. The molecule has 134 valence electrons. The van der Waals surface area contributed by atoms with E-state index >= 15 is 0 Å². The van der Waals surface area contributed by atoms with Gasteiger partial charge in [0.1, 0.15) is 0 Å². The first-order valence-corrected chi connectivity index (χ1v) is 9.76. The van der Waals surface area contributed by atoms with E-state index < -0.39 is 6.04 Å². The maximum absolute atomic E-state index is 13.4. The van der Waals surface area contributed by atoms with Gasteiger partial charge in [0.15, 0.2) is 5.78 Å². The minimum Gasteiger partial charge on any atom is -0.335 e. The van der Waals surface area contributed by atoms with Crippen LogP contribution in [-0.4, -0.2) is 29.7 Å². The van der Waals surface area contributed by atoms with Crippen LogP contribution in [0.5, 0.6) is 0 Å². The molecule has 1 unspecified atom stereocenters. The molecule has 1 amide bonds. The quantitative estimate of drug-likeness (QED) is 0.769. The summed E-state index contributed by atoms with van der Waals surface area (Å²) in [4.78, 5) is 28.0. The molecule has 4 bridgehead atoms. The highest BCUT2D eigenvalue weighted by atomic mass is 16.2. The lowest BCUT2D eigenvalue weighted by molar-refractivity contribution is -0.157. The zero-order chi connectivity index (χ0) is 17.8. The van der Waals surface area contributed by atoms with Crippen molar-refractivity contribution in [2.45, 2.75) is 58.4 Å². The first-order chi connectivity index (χ1) is 11.9. The molecule has 0 heterocycles. The van der Waals surface area contributed by atoms with Gasteiger partial charge in [-0.05, 0) is 70.1 Å². The summed E-state index contributed by atoms with van der Waals surface area (Å²) < 4.78 is 0. The number of hydrogen-bond acceptors (Lipinski definition) is 2. The van der Waals surface area contributed by atoms with Crippen LogP contribution in [0.2, 0.25) is 0 Å². The molecule has 1 aromatic carbocycles. The maximum atomic E-state index is 13.4. The Balaban J connectivity index is 1.52. The van der Waals surface area contributed by atoms with Gasteiger partial charge >= 0.3 is 0 Å². The third-order valence-corrected chi connectivity index (χ3v) is 7.11. The fourth-order valence-electron chi connectivity index (χ4n) is 6.06. The molecule has 0 spiro atoms. The summed E-state index contributed by atoms with van der Waals surface area (Å²) in [7, 11) is 1.83. The third kappa shape index (κ3) is 2.82. The first kappa shape index (κ1) is 16.8. The number of amides is 1. The van der Waals surface area contributed by atoms with Crippen molar-refractivity contribution in [2.24, 2.45) is 23.2 Å². The lowest BCUT2D eigenvalue weighted by Gasteiger charge is -2.56. The monoisotopic (exact) mass is 339 g/mol. The van der Waals surface area contributed by atoms with Crippen molar-refractivity contribution in [1.29, 1.82) is 0 Å². The van der Waals surface area contributed by atoms with Gasteiger partial charge in [0, 0.05) is 12.6 Å². The van der Waals surface area contributed by atoms with Gasteiger partial charge in [-0.2, -0.15) is 0 Å². The average molecular weight is 339 g/mol. The second-order valence-electron chi connectivity index (χ2n) is 9.02. The Hall–Kier alpha value is -1.64. The molecule has 3 heteroatoms. The summed E-state index contributed by atoms with van der Waals surface area (Å²) in [5, 5.41) is 0. The molecule has 3 nitrogen and oxygen atoms in total. The molecule has 0 aromatic heterocycles. The standard InChI is InChI=1S/C22H29NO2/c1-14-4-6-19(7-5-14)20(24)15(2)23(3)21(25)22-11-16-8-17(12-22)10-18(9-16)13-22/h4-7,15-18H,8-13H2,1-3H3. The van der Waals surface area contributed by atoms with E-state index in [1.807, 2.05) is 45.2 Å². The van der Waals surface area contributed by atoms with Crippen molar-refractivity contribution in [2.75, 3.05) is 7.05 Å². The Bertz CT molecular complexity index is 655. The van der Waals surface area contributed by atoms with Gasteiger partial charge in [-0.3, -0.25) is 9.59 Å². The summed E-state index contributed by atoms with van der Waals surface area (Å²) >= 11 is 0. The normalized spacial score (nSPS) is 34.0. The van der Waals surface area contributed by atoms with Crippen LogP contribution in [0.1, 0.15) is 61.4 Å². The SMILES string of the molecule is Cc1ccc(C(=O)C(C)N(C)C(=O)C23CC4CC(CC(C4)C2)C3)cc1. The van der Waals surface area contributed by atoms with E-state index in [2.05, 4.69) is 0 Å². The number of benzene rings is 1. The second-order valence-corrected chi connectivity index (χ2v) is 9.02. The fraction of sp³-hybridized carbons (Fsp3) is 0.636. The van der Waals surface area contributed by atoms with E-state index in [9.17, 15) is 9.59 Å². The van der Waals surface area contributed by atoms with Gasteiger partial charge in [-0.15, -0.1) is 0 Å². The number of aryl methyl sites for hydroxylation is 1. The van der Waals surface area contributed by atoms with Crippen LogP contribution >= 0.6 is 0 Å². The summed E-state index contributed by atoms with van der Waals surface area (Å²) in [6, 6.07) is 7.26. The highest BCUT2D eigenvalue weighted by Crippen LogP contribution is 2.60. The number of rotatable bonds is 4. The van der Waals surface area contributed by atoms with Crippen LogP contribution in [-0.2, 0) is 4.79 Å². The molecule has 0 N–H and O–H groups in total. The smallest absolute Gasteiger partial charge is 0.229 e. The van der Waals surface area contributed by atoms with Crippen LogP contribution in [0, 0.1) is 30.1 Å². The van der Waals surface area contributed by atoms with Gasteiger partial charge in [-0.25, -0.2) is 0 Å². The molecule has 4 fully saturated rings. The van der Waals surface area contributed by atoms with E-state index in [0.29, 0.717) is 5.56 Å². The van der Waals surface area contributed by atoms with E-state index in [4.69, 9.17) is 0 Å². The number of ketones is 1. The average Bonchev–Trinajstić information content (AvgIpc) is 2.58. The zero-order valence-electron chi connectivity index (χ0n) is 15.6. The predicted molar refractivity (Wildman–Crippen MR) is 98.3 cm³/mol. The van der Waals surface area contributed by atoms with E-state index in [1.54, 1.807) is 4.90 Å². The lowest BCUT2D eigenvalue weighted by atomic mass is 9.49. The molecule has 1 atom stereocenters. The Morgan fingerprint density at radius 1 is 1.00 bits per heavy atom. The molecule has 4 aliphatic carbocycles. The zero-order valence-corrected chi connectivity index (χ0v) is 15.6. The number of Topliss-reactive ketones (excluding diaryl/α,β-unsaturated/α-hetero) is 1. The molecular formula is C22H29NO2. The van der Waals surface area contributed by atoms with Gasteiger partial charge in [0.05, 0.1) is 11.5 Å². The van der Waals surface area contributed by atoms with Crippen molar-refractivity contribution in [3.8, 4) is 0 Å². The van der Waals surface area contributed by atoms with Crippen molar-refractivity contribution in [1.82, 2.24) is 4.90 Å². The minimum absolute atomic E-state index is 0.0422. The first-order valence-electron chi connectivity index (χ1n) is 9.76. The van der Waals surface area contributed by atoms with Crippen LogP contribution in [0.25, 0.3) is 0 Å². The van der Waals surface area contributed by atoms with Gasteiger partial charge in [0.2, 0.25) is 5.91 Å². The predicted octanol–water partition coefficient (Wildman–Crippen LogP) is 4.24. The Kier molecular flexibility index (Phi) is 4.01. The van der Waals surface area contributed by atoms with Crippen molar-refractivity contribution in [3.63, 3.8) is 0 Å². The molecule has 5 rings (SSSR count). The molecule has 25 heavy (non-hydrogen) atoms. The van der Waals surface area contributed by atoms with Gasteiger partial charge < -0.3 is 4.90 Å². The maximum Gasteiger partial charge on any atom is 0.229 e. The molecule has 4 saturated carbocycles. The number of hydrogen-bond donors (Lipinski definition) is 0. The van der Waals surface area contributed by atoms with Crippen LogP contribution in [0.15, 0.2) is 24.3 Å². The highest BCUT2D eigenvalue weighted by molar-refractivity contribution is 6.02. The summed E-state index contributed by atoms with van der Waals surface area (Å²) in [5.74, 6) is 2.49. The minimum atomic E-state index is -0.400. The van der Waals surface area contributed by atoms with Gasteiger partial charge in [-0.1, -0.05) is 29.8 Å². The Labute approximate surface area is 150 Å². The molecule has 4 aliphatic rings. The lowest BCUT2D eigenvalue weighted by Crippen LogP contribution is -2.56.